The van der Waals surface area contributed by atoms with Crippen LogP contribution in [-0.4, -0.2) is 59.8 Å². The van der Waals surface area contributed by atoms with Crippen LogP contribution in [0, 0.1) is 5.92 Å². The van der Waals surface area contributed by atoms with Crippen LogP contribution in [0.5, 0.6) is 5.75 Å². The van der Waals surface area contributed by atoms with Crippen LogP contribution in [0.1, 0.15) is 57.2 Å². The molecule has 2 N–H and O–H groups in total. The summed E-state index contributed by atoms with van der Waals surface area (Å²) in [6.45, 7) is 14.2. The molecule has 1 unspecified atom stereocenters. The molecule has 3 aliphatic heterocycles. The highest BCUT2D eigenvalue weighted by Crippen LogP contribution is 2.39. The predicted octanol–water partition coefficient (Wildman–Crippen LogP) is 6.38. The standard InChI is InChI=1S/C34H44ClN3O2/c1-24(2)20-38(21-25-9-12-27(35)13-10-25)28-15-18-37(22-28)17-6-8-29-30-7-5-16-36-32(30)23-40-33-14-11-26(19-31(29)33)34(3,4)39/h5,7-14,16,19,24,28,32,36,39H,6,15,17-18,20-23H2,1-4H3/b29-8+/t28-,32?/m1/s1. The molecule has 6 heteroatoms. The predicted molar refractivity (Wildman–Crippen MR) is 165 cm³/mol. The molecule has 214 valence electrons. The molecule has 40 heavy (non-hydrogen) atoms. The number of ether oxygens (including phenoxy) is 1. The Morgan fingerprint density at radius 3 is 2.75 bits per heavy atom. The number of aliphatic hydroxyl groups is 1. The van der Waals surface area contributed by atoms with Gasteiger partial charge in [-0.1, -0.05) is 55.8 Å². The van der Waals surface area contributed by atoms with Crippen molar-refractivity contribution in [1.29, 1.82) is 0 Å². The number of fused-ring (bicyclic) bond motifs is 2. The van der Waals surface area contributed by atoms with Crippen molar-refractivity contribution in [2.75, 3.05) is 32.8 Å². The van der Waals surface area contributed by atoms with Crippen LogP contribution in [0.4, 0.5) is 0 Å². The molecular weight excluding hydrogens is 518 g/mol. The molecule has 2 atom stereocenters. The summed E-state index contributed by atoms with van der Waals surface area (Å²) in [6.07, 6.45) is 10.8. The Hall–Kier alpha value is -2.57. The van der Waals surface area contributed by atoms with E-state index in [1.807, 2.05) is 44.3 Å². The highest BCUT2D eigenvalue weighted by atomic mass is 35.5. The molecular formula is C34H44ClN3O2. The van der Waals surface area contributed by atoms with Gasteiger partial charge in [0.25, 0.3) is 0 Å². The summed E-state index contributed by atoms with van der Waals surface area (Å²) in [6, 6.07) is 15.1. The average Bonchev–Trinajstić information content (AvgIpc) is 3.33. The third-order valence-corrected chi connectivity index (χ3v) is 8.45. The minimum absolute atomic E-state index is 0.114. The Bertz CT molecular complexity index is 1260. The minimum Gasteiger partial charge on any atom is -0.490 e. The third kappa shape index (κ3) is 7.01. The van der Waals surface area contributed by atoms with E-state index in [2.05, 4.69) is 65.4 Å². The third-order valence-electron chi connectivity index (χ3n) is 8.19. The van der Waals surface area contributed by atoms with Gasteiger partial charge in [0.2, 0.25) is 0 Å². The normalized spacial score (nSPS) is 22.1. The van der Waals surface area contributed by atoms with Gasteiger partial charge in [-0.25, -0.2) is 0 Å². The topological polar surface area (TPSA) is 48.0 Å². The van der Waals surface area contributed by atoms with Crippen molar-refractivity contribution in [3.05, 3.63) is 94.2 Å². The zero-order valence-electron chi connectivity index (χ0n) is 24.4. The summed E-state index contributed by atoms with van der Waals surface area (Å²) in [4.78, 5) is 5.28. The Morgan fingerprint density at radius 1 is 1.20 bits per heavy atom. The maximum Gasteiger partial charge on any atom is 0.127 e. The molecule has 1 saturated heterocycles. The lowest BCUT2D eigenvalue weighted by Gasteiger charge is -2.31. The van der Waals surface area contributed by atoms with Crippen LogP contribution in [0.15, 0.2) is 72.5 Å². The van der Waals surface area contributed by atoms with Crippen molar-refractivity contribution in [2.24, 2.45) is 5.92 Å². The summed E-state index contributed by atoms with van der Waals surface area (Å²) in [5.74, 6) is 1.50. The van der Waals surface area contributed by atoms with Gasteiger partial charge in [0.1, 0.15) is 12.4 Å². The molecule has 5 rings (SSSR count). The number of nitrogens with zero attached hydrogens (tertiary/aromatic N) is 2. The minimum atomic E-state index is -0.913. The lowest BCUT2D eigenvalue weighted by molar-refractivity contribution is 0.0785. The van der Waals surface area contributed by atoms with Crippen LogP contribution < -0.4 is 10.1 Å². The smallest absolute Gasteiger partial charge is 0.127 e. The summed E-state index contributed by atoms with van der Waals surface area (Å²) < 4.78 is 6.24. The van der Waals surface area contributed by atoms with E-state index in [0.717, 1.165) is 61.0 Å². The Labute approximate surface area is 245 Å². The van der Waals surface area contributed by atoms with E-state index in [-0.39, 0.29) is 6.04 Å². The van der Waals surface area contributed by atoms with E-state index in [0.29, 0.717) is 18.6 Å². The fourth-order valence-electron chi connectivity index (χ4n) is 6.09. The molecule has 3 heterocycles. The number of allylic oxidation sites excluding steroid dienone is 2. The van der Waals surface area contributed by atoms with Gasteiger partial charge in [0.15, 0.2) is 0 Å². The molecule has 5 nitrogen and oxygen atoms in total. The van der Waals surface area contributed by atoms with Gasteiger partial charge < -0.3 is 20.1 Å². The van der Waals surface area contributed by atoms with Gasteiger partial charge in [-0.3, -0.25) is 4.90 Å². The van der Waals surface area contributed by atoms with E-state index < -0.39 is 5.60 Å². The summed E-state index contributed by atoms with van der Waals surface area (Å²) >= 11 is 6.13. The molecule has 0 spiro atoms. The zero-order chi connectivity index (χ0) is 28.3. The van der Waals surface area contributed by atoms with Gasteiger partial charge in [0, 0.05) is 42.8 Å². The first kappa shape index (κ1) is 28.9. The highest BCUT2D eigenvalue weighted by molar-refractivity contribution is 6.30. The number of likely N-dealkylation sites (tertiary alicyclic amines) is 1. The van der Waals surface area contributed by atoms with Gasteiger partial charge in [-0.05, 0) is 98.0 Å². The molecule has 0 aliphatic carbocycles. The molecule has 3 aliphatic rings. The van der Waals surface area contributed by atoms with Crippen LogP contribution in [0.2, 0.25) is 5.02 Å². The second kappa shape index (κ2) is 12.5. The van der Waals surface area contributed by atoms with Crippen molar-refractivity contribution in [3.63, 3.8) is 0 Å². The van der Waals surface area contributed by atoms with Crippen molar-refractivity contribution < 1.29 is 9.84 Å². The maximum atomic E-state index is 10.7. The number of halogens is 1. The van der Waals surface area contributed by atoms with Crippen molar-refractivity contribution >= 4 is 17.2 Å². The van der Waals surface area contributed by atoms with Gasteiger partial charge in [-0.15, -0.1) is 0 Å². The van der Waals surface area contributed by atoms with Crippen LogP contribution >= 0.6 is 11.6 Å². The van der Waals surface area contributed by atoms with Crippen LogP contribution in [-0.2, 0) is 12.1 Å². The van der Waals surface area contributed by atoms with Crippen molar-refractivity contribution in [2.45, 2.75) is 64.8 Å². The molecule has 0 aromatic heterocycles. The Kier molecular flexibility index (Phi) is 9.06. The van der Waals surface area contributed by atoms with Gasteiger partial charge in [0.05, 0.1) is 11.6 Å². The van der Waals surface area contributed by atoms with E-state index in [1.54, 1.807) is 0 Å². The van der Waals surface area contributed by atoms with E-state index in [4.69, 9.17) is 16.3 Å². The average molecular weight is 562 g/mol. The molecule has 2 aromatic rings. The first-order valence-corrected chi connectivity index (χ1v) is 15.1. The largest absolute Gasteiger partial charge is 0.490 e. The first-order valence-electron chi connectivity index (χ1n) is 14.7. The summed E-state index contributed by atoms with van der Waals surface area (Å²) in [5.41, 5.74) is 4.83. The number of benzene rings is 2. The van der Waals surface area contributed by atoms with Gasteiger partial charge in [-0.2, -0.15) is 0 Å². The SMILES string of the molecule is CC(C)CN(Cc1ccc(Cl)cc1)[C@@H]1CCN(CC/C=C2\C3=CC=CNC3COc3ccc(C(C)(C)O)cc32)C1. The first-order chi connectivity index (χ1) is 19.2. The molecule has 2 aromatic carbocycles. The van der Waals surface area contributed by atoms with Crippen LogP contribution in [0.25, 0.3) is 5.57 Å². The van der Waals surface area contributed by atoms with Gasteiger partial charge >= 0.3 is 0 Å². The molecule has 0 bridgehead atoms. The van der Waals surface area contributed by atoms with E-state index >= 15 is 0 Å². The quantitative estimate of drug-likeness (QED) is 0.372. The fourth-order valence-corrected chi connectivity index (χ4v) is 6.21. The Morgan fingerprint density at radius 2 is 2.00 bits per heavy atom. The summed E-state index contributed by atoms with van der Waals surface area (Å²) in [7, 11) is 0. The number of hydrogen-bond donors (Lipinski definition) is 2. The lowest BCUT2D eigenvalue weighted by atomic mass is 9.88. The highest BCUT2D eigenvalue weighted by Gasteiger charge is 2.30. The van der Waals surface area contributed by atoms with Crippen molar-refractivity contribution in [3.8, 4) is 5.75 Å². The molecule has 0 amide bonds. The number of dihydropyridines is 1. The van der Waals surface area contributed by atoms with Crippen molar-refractivity contribution in [1.82, 2.24) is 15.1 Å². The molecule has 0 radical (unpaired) electrons. The number of rotatable bonds is 9. The molecule has 1 fully saturated rings. The summed E-state index contributed by atoms with van der Waals surface area (Å²) in [5, 5.41) is 15.0. The fraction of sp³-hybridized carbons (Fsp3) is 0.471. The van der Waals surface area contributed by atoms with E-state index in [9.17, 15) is 5.11 Å². The maximum absolute atomic E-state index is 10.7. The number of nitrogens with one attached hydrogen (secondary N) is 1. The van der Waals surface area contributed by atoms with Crippen LogP contribution in [0.3, 0.4) is 0 Å². The zero-order valence-corrected chi connectivity index (χ0v) is 25.1. The number of hydrogen-bond acceptors (Lipinski definition) is 5. The second-order valence-electron chi connectivity index (χ2n) is 12.4. The second-order valence-corrected chi connectivity index (χ2v) is 12.8. The van der Waals surface area contributed by atoms with E-state index in [1.165, 1.54) is 23.1 Å². The Balaban J connectivity index is 1.30. The molecule has 0 saturated carbocycles. The monoisotopic (exact) mass is 561 g/mol. The lowest BCUT2D eigenvalue weighted by Crippen LogP contribution is -2.39.